The Morgan fingerprint density at radius 1 is 1.00 bits per heavy atom. The molecule has 3 heterocycles. The first-order chi connectivity index (χ1) is 15.6. The van der Waals surface area contributed by atoms with Crippen molar-refractivity contribution in [1.82, 2.24) is 15.0 Å². The van der Waals surface area contributed by atoms with E-state index in [0.717, 1.165) is 29.8 Å². The summed E-state index contributed by atoms with van der Waals surface area (Å²) in [5.41, 5.74) is 1.51. The van der Waals surface area contributed by atoms with E-state index in [-0.39, 0.29) is 4.90 Å². The fourth-order valence-electron chi connectivity index (χ4n) is 3.43. The second kappa shape index (κ2) is 8.69. The fourth-order valence-corrected chi connectivity index (χ4v) is 5.21. The van der Waals surface area contributed by atoms with Crippen LogP contribution in [-0.2, 0) is 14.8 Å². The van der Waals surface area contributed by atoms with E-state index >= 15 is 0 Å². The van der Waals surface area contributed by atoms with Gasteiger partial charge >= 0.3 is 0 Å². The van der Waals surface area contributed by atoms with E-state index in [9.17, 15) is 8.42 Å². The summed E-state index contributed by atoms with van der Waals surface area (Å²) in [6.45, 7) is 2.84. The van der Waals surface area contributed by atoms with Gasteiger partial charge in [-0.3, -0.25) is 4.72 Å². The highest BCUT2D eigenvalue weighted by Crippen LogP contribution is 2.27. The van der Waals surface area contributed by atoms with Crippen molar-refractivity contribution in [2.45, 2.75) is 4.90 Å². The van der Waals surface area contributed by atoms with Crippen molar-refractivity contribution in [1.29, 1.82) is 0 Å². The van der Waals surface area contributed by atoms with Crippen LogP contribution < -0.4 is 14.9 Å². The first kappa shape index (κ1) is 20.6. The molecule has 0 amide bonds. The maximum Gasteiger partial charge on any atom is 0.263 e. The molecule has 1 fully saturated rings. The Morgan fingerprint density at radius 2 is 1.78 bits per heavy atom. The molecule has 0 aliphatic carbocycles. The van der Waals surface area contributed by atoms with E-state index in [1.54, 1.807) is 23.7 Å². The predicted molar refractivity (Wildman–Crippen MR) is 125 cm³/mol. The Balaban J connectivity index is 1.41. The molecule has 2 aromatic carbocycles. The largest absolute Gasteiger partial charge is 0.378 e. The summed E-state index contributed by atoms with van der Waals surface area (Å²) >= 11 is 1.22. The first-order valence-electron chi connectivity index (χ1n) is 9.97. The third-order valence-corrected chi connectivity index (χ3v) is 7.14. The highest BCUT2D eigenvalue weighted by atomic mass is 32.2. The van der Waals surface area contributed by atoms with E-state index in [1.165, 1.54) is 23.5 Å². The number of fused-ring (bicyclic) bond motifs is 1. The van der Waals surface area contributed by atoms with Crippen LogP contribution in [0.3, 0.4) is 0 Å². The zero-order valence-corrected chi connectivity index (χ0v) is 18.6. The maximum atomic E-state index is 12.5. The topological polar surface area (TPSA) is 109 Å². The molecule has 0 spiro atoms. The lowest BCUT2D eigenvalue weighted by atomic mass is 10.2. The molecule has 0 radical (unpaired) electrons. The molecule has 32 heavy (non-hydrogen) atoms. The van der Waals surface area contributed by atoms with Crippen molar-refractivity contribution in [3.05, 3.63) is 60.1 Å². The van der Waals surface area contributed by atoms with E-state index in [0.29, 0.717) is 30.0 Å². The molecule has 164 valence electrons. The summed E-state index contributed by atoms with van der Waals surface area (Å²) in [6.07, 6.45) is 1.55. The van der Waals surface area contributed by atoms with Gasteiger partial charge in [-0.05, 0) is 36.4 Å². The van der Waals surface area contributed by atoms with Crippen molar-refractivity contribution in [3.63, 3.8) is 0 Å². The number of hydrogen-bond donors (Lipinski definition) is 2. The Labute approximate surface area is 189 Å². The van der Waals surface area contributed by atoms with Gasteiger partial charge in [0.25, 0.3) is 10.0 Å². The van der Waals surface area contributed by atoms with E-state index in [1.807, 2.05) is 24.3 Å². The minimum Gasteiger partial charge on any atom is -0.378 e. The standard InChI is InChI=1S/C21H20N6O3S2/c28-32(29,26-21-22-9-14-31-21)16-7-5-15(6-8-16)23-20-24-18-4-2-1-3-17(18)19(25-20)27-10-12-30-13-11-27/h1-9,14H,10-13H2,(H,22,26)(H,23,24,25). The van der Waals surface area contributed by atoms with E-state index in [4.69, 9.17) is 9.72 Å². The number of para-hydroxylation sites is 1. The number of morpholine rings is 1. The SMILES string of the molecule is O=S(=O)(Nc1nccs1)c1ccc(Nc2nc(N3CCOCC3)c3ccccc3n2)cc1. The number of anilines is 4. The number of nitrogens with one attached hydrogen (secondary N) is 2. The molecule has 0 unspecified atom stereocenters. The lowest BCUT2D eigenvalue weighted by Crippen LogP contribution is -2.37. The Hall–Kier alpha value is -3.28. The lowest BCUT2D eigenvalue weighted by molar-refractivity contribution is 0.122. The van der Waals surface area contributed by atoms with Crippen LogP contribution in [0.25, 0.3) is 10.9 Å². The van der Waals surface area contributed by atoms with Gasteiger partial charge in [0.05, 0.1) is 23.6 Å². The van der Waals surface area contributed by atoms with Crippen LogP contribution in [0.1, 0.15) is 0 Å². The lowest BCUT2D eigenvalue weighted by Gasteiger charge is -2.29. The number of hydrogen-bond acceptors (Lipinski definition) is 9. The zero-order valence-electron chi connectivity index (χ0n) is 16.9. The van der Waals surface area contributed by atoms with Crippen LogP contribution in [0.2, 0.25) is 0 Å². The minimum absolute atomic E-state index is 0.145. The van der Waals surface area contributed by atoms with E-state index in [2.05, 4.69) is 24.9 Å². The predicted octanol–water partition coefficient (Wildman–Crippen LogP) is 3.47. The van der Waals surface area contributed by atoms with Gasteiger partial charge in [0, 0.05) is 35.7 Å². The Kier molecular flexibility index (Phi) is 5.60. The van der Waals surface area contributed by atoms with Gasteiger partial charge in [0.2, 0.25) is 5.95 Å². The third-order valence-electron chi connectivity index (χ3n) is 4.97. The Bertz CT molecular complexity index is 1320. The highest BCUT2D eigenvalue weighted by molar-refractivity contribution is 7.93. The molecular weight excluding hydrogens is 448 g/mol. The average molecular weight is 469 g/mol. The summed E-state index contributed by atoms with van der Waals surface area (Å²) in [5, 5.41) is 6.21. The number of nitrogens with zero attached hydrogens (tertiary/aromatic N) is 4. The van der Waals surface area contributed by atoms with Crippen molar-refractivity contribution in [2.75, 3.05) is 41.2 Å². The summed E-state index contributed by atoms with van der Waals surface area (Å²) in [5.74, 6) is 1.30. The molecule has 0 saturated carbocycles. The summed E-state index contributed by atoms with van der Waals surface area (Å²) in [7, 11) is -3.70. The van der Waals surface area contributed by atoms with Gasteiger partial charge < -0.3 is 15.0 Å². The Morgan fingerprint density at radius 3 is 2.53 bits per heavy atom. The zero-order chi connectivity index (χ0) is 22.0. The molecule has 2 N–H and O–H groups in total. The molecule has 5 rings (SSSR count). The number of sulfonamides is 1. The second-order valence-electron chi connectivity index (χ2n) is 7.08. The quantitative estimate of drug-likeness (QED) is 0.443. The van der Waals surface area contributed by atoms with Crippen LogP contribution in [0.4, 0.5) is 22.6 Å². The smallest absolute Gasteiger partial charge is 0.263 e. The minimum atomic E-state index is -3.70. The van der Waals surface area contributed by atoms with Crippen molar-refractivity contribution in [3.8, 4) is 0 Å². The molecule has 1 saturated heterocycles. The summed E-state index contributed by atoms with van der Waals surface area (Å²) in [4.78, 5) is 15.7. The van der Waals surface area contributed by atoms with Crippen molar-refractivity contribution >= 4 is 54.8 Å². The van der Waals surface area contributed by atoms with Crippen LogP contribution in [0.5, 0.6) is 0 Å². The van der Waals surface area contributed by atoms with Gasteiger partial charge in [0.15, 0.2) is 5.13 Å². The number of aromatic nitrogens is 3. The van der Waals surface area contributed by atoms with Gasteiger partial charge in [-0.15, -0.1) is 11.3 Å². The molecule has 4 aromatic rings. The number of thiazole rings is 1. The molecule has 1 aliphatic rings. The van der Waals surface area contributed by atoms with Gasteiger partial charge in [0.1, 0.15) is 5.82 Å². The molecule has 0 bridgehead atoms. The van der Waals surface area contributed by atoms with Gasteiger partial charge in [-0.25, -0.2) is 18.4 Å². The number of benzene rings is 2. The number of ether oxygens (including phenoxy) is 1. The molecule has 0 atom stereocenters. The van der Waals surface area contributed by atoms with Crippen LogP contribution >= 0.6 is 11.3 Å². The van der Waals surface area contributed by atoms with Crippen LogP contribution in [-0.4, -0.2) is 49.7 Å². The average Bonchev–Trinajstić information content (AvgIpc) is 3.32. The molecular formula is C21H20N6O3S2. The normalized spacial score (nSPS) is 14.4. The molecule has 1 aliphatic heterocycles. The maximum absolute atomic E-state index is 12.5. The van der Waals surface area contributed by atoms with Crippen LogP contribution in [0, 0.1) is 0 Å². The molecule has 9 nitrogen and oxygen atoms in total. The third kappa shape index (κ3) is 4.35. The summed E-state index contributed by atoms with van der Waals surface area (Å²) in [6, 6.07) is 14.3. The van der Waals surface area contributed by atoms with Crippen LogP contribution in [0.15, 0.2) is 65.0 Å². The molecule has 2 aromatic heterocycles. The van der Waals surface area contributed by atoms with Crippen molar-refractivity contribution < 1.29 is 13.2 Å². The van der Waals surface area contributed by atoms with Gasteiger partial charge in [-0.2, -0.15) is 4.98 Å². The van der Waals surface area contributed by atoms with Gasteiger partial charge in [-0.1, -0.05) is 12.1 Å². The van der Waals surface area contributed by atoms with Crippen molar-refractivity contribution in [2.24, 2.45) is 0 Å². The number of rotatable bonds is 6. The fraction of sp³-hybridized carbons (Fsp3) is 0.190. The second-order valence-corrected chi connectivity index (χ2v) is 9.66. The first-order valence-corrected chi connectivity index (χ1v) is 12.3. The van der Waals surface area contributed by atoms with E-state index < -0.39 is 10.0 Å². The summed E-state index contributed by atoms with van der Waals surface area (Å²) < 4.78 is 33.0. The highest BCUT2D eigenvalue weighted by Gasteiger charge is 2.18. The monoisotopic (exact) mass is 468 g/mol. The molecule has 11 heteroatoms.